The maximum Gasteiger partial charge on any atom is 0.0762 e. The summed E-state index contributed by atoms with van der Waals surface area (Å²) in [4.78, 5) is 0. The summed E-state index contributed by atoms with van der Waals surface area (Å²) in [5, 5.41) is 7.63. The first-order valence-corrected chi connectivity index (χ1v) is 5.17. The molecule has 0 unspecified atom stereocenters. The molecule has 1 aromatic heterocycles. The molecular weight excluding hydrogens is 178 g/mol. The van der Waals surface area contributed by atoms with Gasteiger partial charge in [0.15, 0.2) is 0 Å². The van der Waals surface area contributed by atoms with E-state index in [0.29, 0.717) is 0 Å². The van der Waals surface area contributed by atoms with E-state index < -0.39 is 0 Å². The van der Waals surface area contributed by atoms with Crippen molar-refractivity contribution in [3.05, 3.63) is 18.0 Å². The lowest BCUT2D eigenvalue weighted by molar-refractivity contribution is 0.136. The third-order valence-electron chi connectivity index (χ3n) is 1.92. The van der Waals surface area contributed by atoms with Gasteiger partial charge >= 0.3 is 0 Å². The first-order chi connectivity index (χ1) is 6.86. The van der Waals surface area contributed by atoms with Crippen molar-refractivity contribution in [1.82, 2.24) is 15.1 Å². The second kappa shape index (κ2) is 6.56. The Morgan fingerprint density at radius 3 is 3.07 bits per heavy atom. The minimum atomic E-state index is 0.735. The predicted molar refractivity (Wildman–Crippen MR) is 56.1 cm³/mol. The van der Waals surface area contributed by atoms with Gasteiger partial charge < -0.3 is 10.1 Å². The number of rotatable bonds is 7. The van der Waals surface area contributed by atoms with Crippen LogP contribution in [0.1, 0.15) is 19.5 Å². The number of aromatic nitrogens is 2. The van der Waals surface area contributed by atoms with Gasteiger partial charge in [-0.2, -0.15) is 5.10 Å². The lowest BCUT2D eigenvalue weighted by Gasteiger charge is -2.01. The fourth-order valence-corrected chi connectivity index (χ4v) is 1.18. The molecule has 0 bridgehead atoms. The Bertz CT molecular complexity index is 247. The van der Waals surface area contributed by atoms with Gasteiger partial charge in [-0.3, -0.25) is 4.68 Å². The quantitative estimate of drug-likeness (QED) is 0.664. The van der Waals surface area contributed by atoms with Gasteiger partial charge in [-0.25, -0.2) is 0 Å². The summed E-state index contributed by atoms with van der Waals surface area (Å²) >= 11 is 0. The maximum absolute atomic E-state index is 5.25. The molecule has 4 nitrogen and oxygen atoms in total. The molecule has 4 heteroatoms. The molecule has 1 N–H and O–H groups in total. The second-order valence-corrected chi connectivity index (χ2v) is 3.05. The smallest absolute Gasteiger partial charge is 0.0762 e. The van der Waals surface area contributed by atoms with E-state index in [9.17, 15) is 0 Å². The summed E-state index contributed by atoms with van der Waals surface area (Å²) in [5.41, 5.74) is 1.09. The minimum Gasteiger partial charge on any atom is -0.380 e. The molecule has 0 amide bonds. The van der Waals surface area contributed by atoms with Crippen LogP contribution in [0.3, 0.4) is 0 Å². The van der Waals surface area contributed by atoms with Gasteiger partial charge in [0.1, 0.15) is 0 Å². The van der Waals surface area contributed by atoms with E-state index in [-0.39, 0.29) is 0 Å². The molecule has 0 fully saturated rings. The molecule has 0 saturated carbocycles. The largest absolute Gasteiger partial charge is 0.380 e. The van der Waals surface area contributed by atoms with Gasteiger partial charge in [-0.1, -0.05) is 6.92 Å². The summed E-state index contributed by atoms with van der Waals surface area (Å²) in [5.74, 6) is 0. The molecule has 0 atom stereocenters. The van der Waals surface area contributed by atoms with Crippen LogP contribution in [0, 0.1) is 0 Å². The van der Waals surface area contributed by atoms with Gasteiger partial charge in [-0.05, 0) is 19.5 Å². The van der Waals surface area contributed by atoms with Crippen LogP contribution in [0.4, 0.5) is 0 Å². The Morgan fingerprint density at radius 1 is 1.50 bits per heavy atom. The van der Waals surface area contributed by atoms with Crippen LogP contribution >= 0.6 is 0 Å². The monoisotopic (exact) mass is 197 g/mol. The average Bonchev–Trinajstić information content (AvgIpc) is 2.63. The Labute approximate surface area is 85.3 Å². The summed E-state index contributed by atoms with van der Waals surface area (Å²) in [7, 11) is 0. The molecule has 0 aliphatic heterocycles. The highest BCUT2D eigenvalue weighted by atomic mass is 16.5. The number of ether oxygens (including phenoxy) is 1. The average molecular weight is 197 g/mol. The van der Waals surface area contributed by atoms with E-state index in [1.807, 2.05) is 23.9 Å². The molecular formula is C10H19N3O. The highest BCUT2D eigenvalue weighted by molar-refractivity contribution is 4.98. The second-order valence-electron chi connectivity index (χ2n) is 3.05. The van der Waals surface area contributed by atoms with E-state index in [1.165, 1.54) is 0 Å². The standard InChI is InChI=1S/C10H19N3O/c1-3-11-9-10-5-6-13(12-10)7-8-14-4-2/h5-6,11H,3-4,7-9H2,1-2H3. The van der Waals surface area contributed by atoms with Crippen molar-refractivity contribution in [3.63, 3.8) is 0 Å². The molecule has 80 valence electrons. The zero-order valence-corrected chi connectivity index (χ0v) is 8.99. The number of nitrogens with zero attached hydrogens (tertiary/aromatic N) is 2. The van der Waals surface area contributed by atoms with Crippen LogP contribution in [0.15, 0.2) is 12.3 Å². The Balaban J connectivity index is 2.27. The van der Waals surface area contributed by atoms with Crippen molar-refractivity contribution in [3.8, 4) is 0 Å². The maximum atomic E-state index is 5.25. The molecule has 14 heavy (non-hydrogen) atoms. The van der Waals surface area contributed by atoms with Crippen molar-refractivity contribution in [2.45, 2.75) is 26.9 Å². The summed E-state index contributed by atoms with van der Waals surface area (Å²) in [6, 6.07) is 2.04. The van der Waals surface area contributed by atoms with Crippen molar-refractivity contribution in [2.75, 3.05) is 19.8 Å². The first kappa shape index (κ1) is 11.2. The summed E-state index contributed by atoms with van der Waals surface area (Å²) in [6.07, 6.45) is 1.99. The zero-order valence-electron chi connectivity index (χ0n) is 8.99. The molecule has 0 radical (unpaired) electrons. The fourth-order valence-electron chi connectivity index (χ4n) is 1.18. The Kier molecular flexibility index (Phi) is 5.25. The number of hydrogen-bond acceptors (Lipinski definition) is 3. The van der Waals surface area contributed by atoms with Crippen molar-refractivity contribution in [1.29, 1.82) is 0 Å². The molecule has 0 aromatic carbocycles. The van der Waals surface area contributed by atoms with E-state index in [2.05, 4.69) is 17.3 Å². The van der Waals surface area contributed by atoms with Crippen LogP contribution in [0.25, 0.3) is 0 Å². The normalized spacial score (nSPS) is 10.7. The molecule has 0 aliphatic carbocycles. The highest BCUT2D eigenvalue weighted by Crippen LogP contribution is 1.95. The van der Waals surface area contributed by atoms with E-state index >= 15 is 0 Å². The van der Waals surface area contributed by atoms with Gasteiger partial charge in [0, 0.05) is 19.3 Å². The van der Waals surface area contributed by atoms with Crippen LogP contribution in [-0.2, 0) is 17.8 Å². The van der Waals surface area contributed by atoms with Crippen LogP contribution in [0.5, 0.6) is 0 Å². The third kappa shape index (κ3) is 3.89. The predicted octanol–water partition coefficient (Wildman–Crippen LogP) is 1.03. The topological polar surface area (TPSA) is 39.1 Å². The van der Waals surface area contributed by atoms with Gasteiger partial charge in [0.25, 0.3) is 0 Å². The molecule has 0 aliphatic rings. The lowest BCUT2D eigenvalue weighted by Crippen LogP contribution is -2.13. The molecule has 1 rings (SSSR count). The van der Waals surface area contributed by atoms with Gasteiger partial charge in [0.2, 0.25) is 0 Å². The molecule has 0 spiro atoms. The van der Waals surface area contributed by atoms with Gasteiger partial charge in [0.05, 0.1) is 18.8 Å². The number of hydrogen-bond donors (Lipinski definition) is 1. The first-order valence-electron chi connectivity index (χ1n) is 5.17. The van der Waals surface area contributed by atoms with E-state index in [1.54, 1.807) is 0 Å². The van der Waals surface area contributed by atoms with Crippen LogP contribution in [-0.4, -0.2) is 29.5 Å². The molecule has 1 aromatic rings. The summed E-state index contributed by atoms with van der Waals surface area (Å²) in [6.45, 7) is 8.25. The third-order valence-corrected chi connectivity index (χ3v) is 1.92. The molecule has 1 heterocycles. The van der Waals surface area contributed by atoms with Crippen LogP contribution < -0.4 is 5.32 Å². The van der Waals surface area contributed by atoms with Gasteiger partial charge in [-0.15, -0.1) is 0 Å². The lowest BCUT2D eigenvalue weighted by atomic mass is 10.4. The SMILES string of the molecule is CCNCc1ccn(CCOCC)n1. The van der Waals surface area contributed by atoms with Crippen molar-refractivity contribution >= 4 is 0 Å². The van der Waals surface area contributed by atoms with Crippen molar-refractivity contribution in [2.24, 2.45) is 0 Å². The van der Waals surface area contributed by atoms with Crippen LogP contribution in [0.2, 0.25) is 0 Å². The summed E-state index contributed by atoms with van der Waals surface area (Å²) < 4.78 is 7.17. The Morgan fingerprint density at radius 2 is 2.36 bits per heavy atom. The van der Waals surface area contributed by atoms with E-state index in [0.717, 1.165) is 38.5 Å². The minimum absolute atomic E-state index is 0.735. The zero-order chi connectivity index (χ0) is 10.2. The van der Waals surface area contributed by atoms with E-state index in [4.69, 9.17) is 4.74 Å². The highest BCUT2D eigenvalue weighted by Gasteiger charge is 1.97. The fraction of sp³-hybridized carbons (Fsp3) is 0.700. The van der Waals surface area contributed by atoms with Crippen molar-refractivity contribution < 1.29 is 4.74 Å². The number of nitrogens with one attached hydrogen (secondary N) is 1. The molecule has 0 saturated heterocycles. The Hall–Kier alpha value is -0.870.